The van der Waals surface area contributed by atoms with Gasteiger partial charge in [-0.15, -0.1) is 0 Å². The number of aromatic nitrogens is 1. The van der Waals surface area contributed by atoms with Crippen LogP contribution in [0.2, 0.25) is 0 Å². The standard InChI is InChI=1S/C28H32FN3O5/c1-28(2)9-8-16-13-18(14-19(29)25(16)28)30-27(36)32-21-6-7-23(37-3)31-20(21)4-5-22(32)26(35)17-10-15(11-17)12-24(33)34/h6-7,13-15,17,22H,4-5,8-12H2,1-3H3,(H,30,36)(H,33,34). The van der Waals surface area contributed by atoms with Gasteiger partial charge < -0.3 is 15.2 Å². The summed E-state index contributed by atoms with van der Waals surface area (Å²) >= 11 is 0. The number of benzene rings is 1. The van der Waals surface area contributed by atoms with Crippen molar-refractivity contribution in [3.8, 4) is 5.88 Å². The number of nitrogens with zero attached hydrogens (tertiary/aromatic N) is 2. The number of aliphatic carboxylic acids is 1. The number of fused-ring (bicyclic) bond motifs is 2. The van der Waals surface area contributed by atoms with Gasteiger partial charge in [-0.25, -0.2) is 14.2 Å². The van der Waals surface area contributed by atoms with Gasteiger partial charge in [0, 0.05) is 24.1 Å². The predicted molar refractivity (Wildman–Crippen MR) is 136 cm³/mol. The molecule has 1 saturated carbocycles. The Morgan fingerprint density at radius 2 is 1.97 bits per heavy atom. The Labute approximate surface area is 215 Å². The number of anilines is 2. The molecule has 1 unspecified atom stereocenters. The van der Waals surface area contributed by atoms with Crippen LogP contribution in [0.4, 0.5) is 20.6 Å². The molecule has 1 aromatic heterocycles. The summed E-state index contributed by atoms with van der Waals surface area (Å²) in [7, 11) is 1.52. The molecule has 1 fully saturated rings. The van der Waals surface area contributed by atoms with Crippen molar-refractivity contribution in [2.75, 3.05) is 17.3 Å². The summed E-state index contributed by atoms with van der Waals surface area (Å²) in [5.41, 5.74) is 2.85. The second-order valence-corrected chi connectivity index (χ2v) is 11.1. The predicted octanol–water partition coefficient (Wildman–Crippen LogP) is 4.88. The molecule has 196 valence electrons. The third-order valence-electron chi connectivity index (χ3n) is 8.13. The van der Waals surface area contributed by atoms with Crippen molar-refractivity contribution in [2.45, 2.75) is 70.3 Å². The SMILES string of the molecule is COc1ccc2c(n1)CCC(C(=O)C1CC(CC(=O)O)C1)N2C(=O)Nc1cc(F)c2c(c1)CCC2(C)C. The second-order valence-electron chi connectivity index (χ2n) is 11.1. The molecule has 1 aromatic carbocycles. The average Bonchev–Trinajstić information content (AvgIpc) is 3.13. The molecule has 2 heterocycles. The molecule has 5 rings (SSSR count). The van der Waals surface area contributed by atoms with Crippen LogP contribution >= 0.6 is 0 Å². The Morgan fingerprint density at radius 1 is 1.22 bits per heavy atom. The van der Waals surface area contributed by atoms with Gasteiger partial charge in [0.15, 0.2) is 5.78 Å². The smallest absolute Gasteiger partial charge is 0.327 e. The van der Waals surface area contributed by atoms with E-state index in [0.29, 0.717) is 54.2 Å². The van der Waals surface area contributed by atoms with E-state index in [1.165, 1.54) is 18.1 Å². The van der Waals surface area contributed by atoms with E-state index in [2.05, 4.69) is 10.3 Å². The lowest BCUT2D eigenvalue weighted by Gasteiger charge is -2.41. The number of nitrogens with one attached hydrogen (secondary N) is 1. The van der Waals surface area contributed by atoms with Gasteiger partial charge in [-0.2, -0.15) is 0 Å². The molecule has 37 heavy (non-hydrogen) atoms. The molecule has 2 N–H and O–H groups in total. The summed E-state index contributed by atoms with van der Waals surface area (Å²) in [6.07, 6.45) is 3.54. The lowest BCUT2D eigenvalue weighted by atomic mass is 9.69. The van der Waals surface area contributed by atoms with Crippen molar-refractivity contribution in [3.05, 3.63) is 46.9 Å². The molecule has 3 aliphatic rings. The number of amides is 2. The van der Waals surface area contributed by atoms with Crippen LogP contribution in [0.25, 0.3) is 0 Å². The number of carboxylic acid groups (broad SMARTS) is 1. The molecule has 2 aliphatic carbocycles. The van der Waals surface area contributed by atoms with Gasteiger partial charge in [-0.1, -0.05) is 13.8 Å². The number of pyridine rings is 1. The van der Waals surface area contributed by atoms with Crippen molar-refractivity contribution < 1.29 is 28.6 Å². The van der Waals surface area contributed by atoms with Crippen molar-refractivity contribution >= 4 is 29.2 Å². The number of aryl methyl sites for hydroxylation is 2. The number of carboxylic acids is 1. The second kappa shape index (κ2) is 9.43. The minimum atomic E-state index is -0.867. The van der Waals surface area contributed by atoms with Crippen LogP contribution in [0.15, 0.2) is 24.3 Å². The van der Waals surface area contributed by atoms with Crippen molar-refractivity contribution in [1.29, 1.82) is 0 Å². The summed E-state index contributed by atoms with van der Waals surface area (Å²) in [5, 5.41) is 11.9. The lowest BCUT2D eigenvalue weighted by Crippen LogP contribution is -2.53. The molecule has 0 bridgehead atoms. The number of Topliss-reactive ketones (excluding diaryl/α,β-unsaturated/α-hetero) is 1. The number of rotatable bonds is 6. The highest BCUT2D eigenvalue weighted by atomic mass is 19.1. The van der Waals surface area contributed by atoms with E-state index < -0.39 is 18.0 Å². The van der Waals surface area contributed by atoms with Crippen LogP contribution in [-0.2, 0) is 27.8 Å². The first-order valence-corrected chi connectivity index (χ1v) is 12.8. The van der Waals surface area contributed by atoms with Crippen LogP contribution in [-0.4, -0.2) is 41.0 Å². The highest BCUT2D eigenvalue weighted by Crippen LogP contribution is 2.43. The quantitative estimate of drug-likeness (QED) is 0.575. The molecule has 2 aromatic rings. The monoisotopic (exact) mass is 509 g/mol. The summed E-state index contributed by atoms with van der Waals surface area (Å²) in [4.78, 5) is 44.1. The zero-order valence-corrected chi connectivity index (χ0v) is 21.3. The van der Waals surface area contributed by atoms with Gasteiger partial charge in [0.25, 0.3) is 0 Å². The van der Waals surface area contributed by atoms with Gasteiger partial charge in [0.05, 0.1) is 24.5 Å². The summed E-state index contributed by atoms with van der Waals surface area (Å²) in [6, 6.07) is 5.30. The average molecular weight is 510 g/mol. The van der Waals surface area contributed by atoms with Crippen LogP contribution in [0.1, 0.15) is 62.8 Å². The normalized spacial score (nSPS) is 23.5. The van der Waals surface area contributed by atoms with Crippen molar-refractivity contribution in [2.24, 2.45) is 11.8 Å². The molecule has 8 nitrogen and oxygen atoms in total. The number of hydrogen-bond acceptors (Lipinski definition) is 5. The third-order valence-corrected chi connectivity index (χ3v) is 8.13. The number of carbonyl (C=O) groups is 3. The first-order valence-electron chi connectivity index (χ1n) is 12.8. The summed E-state index contributed by atoms with van der Waals surface area (Å²) < 4.78 is 20.3. The van der Waals surface area contributed by atoms with Crippen molar-refractivity contribution in [1.82, 2.24) is 4.98 Å². The van der Waals surface area contributed by atoms with Gasteiger partial charge in [0.2, 0.25) is 5.88 Å². The zero-order chi connectivity index (χ0) is 26.5. The number of urea groups is 1. The molecule has 9 heteroatoms. The van der Waals surface area contributed by atoms with E-state index in [1.54, 1.807) is 12.1 Å². The van der Waals surface area contributed by atoms with E-state index in [-0.39, 0.29) is 35.3 Å². The maximum absolute atomic E-state index is 15.1. The molecule has 1 aliphatic heterocycles. The zero-order valence-electron chi connectivity index (χ0n) is 21.3. The molecular formula is C28H32FN3O5. The number of hydrogen-bond donors (Lipinski definition) is 2. The minimum Gasteiger partial charge on any atom is -0.481 e. The van der Waals surface area contributed by atoms with Gasteiger partial charge in [-0.05, 0) is 79.2 Å². The maximum Gasteiger partial charge on any atom is 0.327 e. The molecule has 0 saturated heterocycles. The largest absolute Gasteiger partial charge is 0.481 e. The van der Waals surface area contributed by atoms with Crippen LogP contribution < -0.4 is 15.0 Å². The Morgan fingerprint density at radius 3 is 2.68 bits per heavy atom. The third kappa shape index (κ3) is 4.67. The molecule has 0 spiro atoms. The number of halogens is 1. The summed E-state index contributed by atoms with van der Waals surface area (Å²) in [6.45, 7) is 4.04. The number of ether oxygens (including phenoxy) is 1. The van der Waals surface area contributed by atoms with Crippen LogP contribution in [0, 0.1) is 17.7 Å². The van der Waals surface area contributed by atoms with Gasteiger partial charge in [0.1, 0.15) is 5.82 Å². The van der Waals surface area contributed by atoms with E-state index >= 15 is 4.39 Å². The first-order chi connectivity index (χ1) is 17.6. The van der Waals surface area contributed by atoms with Gasteiger partial charge in [-0.3, -0.25) is 14.5 Å². The highest BCUT2D eigenvalue weighted by Gasteiger charge is 2.44. The fraction of sp³-hybridized carbons (Fsp3) is 0.500. The van der Waals surface area contributed by atoms with E-state index in [4.69, 9.17) is 9.84 Å². The maximum atomic E-state index is 15.1. The molecule has 0 radical (unpaired) electrons. The van der Waals surface area contributed by atoms with E-state index in [9.17, 15) is 14.4 Å². The minimum absolute atomic E-state index is 0.0193. The van der Waals surface area contributed by atoms with Crippen molar-refractivity contribution in [3.63, 3.8) is 0 Å². The Bertz CT molecular complexity index is 1270. The fourth-order valence-corrected chi connectivity index (χ4v) is 6.18. The topological polar surface area (TPSA) is 109 Å². The number of methoxy groups -OCH3 is 1. The summed E-state index contributed by atoms with van der Waals surface area (Å²) in [5.74, 6) is -1.16. The molecule has 2 amide bonds. The number of ketones is 1. The fourth-order valence-electron chi connectivity index (χ4n) is 6.18. The first kappa shape index (κ1) is 25.2. The Kier molecular flexibility index (Phi) is 6.41. The Hall–Kier alpha value is -3.49. The van der Waals surface area contributed by atoms with E-state index in [1.807, 2.05) is 19.9 Å². The van der Waals surface area contributed by atoms with E-state index in [0.717, 1.165) is 18.4 Å². The molecular weight excluding hydrogens is 477 g/mol. The Balaban J connectivity index is 1.42. The highest BCUT2D eigenvalue weighted by molar-refractivity contribution is 6.08. The van der Waals surface area contributed by atoms with Crippen LogP contribution in [0.3, 0.4) is 0 Å². The number of carbonyl (C=O) groups excluding carboxylic acids is 2. The van der Waals surface area contributed by atoms with Gasteiger partial charge >= 0.3 is 12.0 Å². The van der Waals surface area contributed by atoms with Crippen LogP contribution in [0.5, 0.6) is 5.88 Å². The molecule has 1 atom stereocenters. The lowest BCUT2D eigenvalue weighted by molar-refractivity contribution is -0.141.